The third-order valence-electron chi connectivity index (χ3n) is 4.13. The van der Waals surface area contributed by atoms with E-state index in [1.807, 2.05) is 12.1 Å². The Morgan fingerprint density at radius 3 is 2.76 bits per heavy atom. The van der Waals surface area contributed by atoms with E-state index >= 15 is 0 Å². The molecule has 1 atom stereocenters. The van der Waals surface area contributed by atoms with Crippen LogP contribution in [0.4, 0.5) is 5.69 Å². The molecule has 2 rings (SSSR count). The van der Waals surface area contributed by atoms with Crippen molar-refractivity contribution in [3.8, 4) is 0 Å². The number of hydrogen-bond donors (Lipinski definition) is 1. The van der Waals surface area contributed by atoms with Crippen LogP contribution in [0.2, 0.25) is 0 Å². The molecule has 0 saturated carbocycles. The lowest BCUT2D eigenvalue weighted by atomic mass is 9.97. The Balaban J connectivity index is 2.26. The van der Waals surface area contributed by atoms with E-state index in [9.17, 15) is 8.42 Å². The van der Waals surface area contributed by atoms with E-state index in [4.69, 9.17) is 0 Å². The number of rotatable bonds is 6. The van der Waals surface area contributed by atoms with Gasteiger partial charge in [-0.15, -0.1) is 0 Å². The number of hydrogen-bond acceptors (Lipinski definition) is 3. The maximum absolute atomic E-state index is 12.9. The molecule has 1 heterocycles. The van der Waals surface area contributed by atoms with Crippen molar-refractivity contribution in [2.45, 2.75) is 44.4 Å². The van der Waals surface area contributed by atoms with Crippen LogP contribution in [0.25, 0.3) is 0 Å². The lowest BCUT2D eigenvalue weighted by Crippen LogP contribution is -2.39. The van der Waals surface area contributed by atoms with E-state index in [1.165, 1.54) is 0 Å². The molecule has 0 spiro atoms. The molecule has 1 aliphatic rings. The minimum Gasteiger partial charge on any atom is -0.384 e. The fourth-order valence-corrected chi connectivity index (χ4v) is 4.54. The van der Waals surface area contributed by atoms with Crippen LogP contribution in [0.1, 0.15) is 39.5 Å². The van der Waals surface area contributed by atoms with Crippen LogP contribution in [0.15, 0.2) is 29.2 Å². The summed E-state index contributed by atoms with van der Waals surface area (Å²) in [6, 6.07) is 7.24. The Morgan fingerprint density at radius 2 is 2.05 bits per heavy atom. The van der Waals surface area contributed by atoms with Crippen molar-refractivity contribution in [1.82, 2.24) is 4.31 Å². The second kappa shape index (κ2) is 7.27. The molecule has 0 aromatic heterocycles. The number of piperidine rings is 1. The van der Waals surface area contributed by atoms with Gasteiger partial charge in [-0.1, -0.05) is 32.4 Å². The molecule has 0 bridgehead atoms. The van der Waals surface area contributed by atoms with Crippen LogP contribution in [0.3, 0.4) is 0 Å². The monoisotopic (exact) mass is 310 g/mol. The summed E-state index contributed by atoms with van der Waals surface area (Å²) in [6.45, 7) is 6.28. The van der Waals surface area contributed by atoms with Crippen LogP contribution in [0.5, 0.6) is 0 Å². The first-order valence-corrected chi connectivity index (χ1v) is 9.36. The molecule has 0 aliphatic carbocycles. The molecule has 0 amide bonds. The highest BCUT2D eigenvalue weighted by Crippen LogP contribution is 2.29. The molecule has 0 radical (unpaired) electrons. The first-order chi connectivity index (χ1) is 10.1. The van der Waals surface area contributed by atoms with E-state index < -0.39 is 10.0 Å². The van der Waals surface area contributed by atoms with Crippen LogP contribution < -0.4 is 5.32 Å². The van der Waals surface area contributed by atoms with Gasteiger partial charge < -0.3 is 5.32 Å². The number of sulfonamides is 1. The van der Waals surface area contributed by atoms with Crippen LogP contribution in [0, 0.1) is 5.92 Å². The van der Waals surface area contributed by atoms with Crippen molar-refractivity contribution < 1.29 is 8.42 Å². The van der Waals surface area contributed by atoms with Gasteiger partial charge >= 0.3 is 0 Å². The fraction of sp³-hybridized carbons (Fsp3) is 0.625. The zero-order valence-corrected chi connectivity index (χ0v) is 13.8. The summed E-state index contributed by atoms with van der Waals surface area (Å²) in [7, 11) is -3.40. The smallest absolute Gasteiger partial charge is 0.245 e. The summed E-state index contributed by atoms with van der Waals surface area (Å²) in [4.78, 5) is 0.412. The Hall–Kier alpha value is -1.07. The van der Waals surface area contributed by atoms with Gasteiger partial charge in [-0.2, -0.15) is 4.31 Å². The first-order valence-electron chi connectivity index (χ1n) is 7.92. The van der Waals surface area contributed by atoms with Gasteiger partial charge in [-0.25, -0.2) is 8.42 Å². The standard InChI is InChI=1S/C16H26N2O2S/c1-3-11-17-15-9-5-6-10-16(15)21(19,20)18-12-7-8-14(4-2)13-18/h5-6,9-10,14,17H,3-4,7-8,11-13H2,1-2H3. The largest absolute Gasteiger partial charge is 0.384 e. The molecule has 1 aliphatic heterocycles. The van der Waals surface area contributed by atoms with Crippen molar-refractivity contribution in [2.75, 3.05) is 25.0 Å². The predicted octanol–water partition coefficient (Wildman–Crippen LogP) is 3.32. The summed E-state index contributed by atoms with van der Waals surface area (Å²) in [6.07, 6.45) is 4.11. The third kappa shape index (κ3) is 3.77. The Labute approximate surface area is 128 Å². The summed E-state index contributed by atoms with van der Waals surface area (Å²) >= 11 is 0. The van der Waals surface area contributed by atoms with Gasteiger partial charge in [0, 0.05) is 19.6 Å². The van der Waals surface area contributed by atoms with Crippen LogP contribution in [-0.4, -0.2) is 32.4 Å². The Kier molecular flexibility index (Phi) is 5.65. The molecule has 4 nitrogen and oxygen atoms in total. The summed E-state index contributed by atoms with van der Waals surface area (Å²) in [5, 5.41) is 3.23. The van der Waals surface area contributed by atoms with E-state index in [0.717, 1.165) is 37.9 Å². The lowest BCUT2D eigenvalue weighted by molar-refractivity contribution is 0.261. The highest BCUT2D eigenvalue weighted by molar-refractivity contribution is 7.89. The average Bonchev–Trinajstić information content (AvgIpc) is 2.53. The number of nitrogens with one attached hydrogen (secondary N) is 1. The fourth-order valence-electron chi connectivity index (χ4n) is 2.81. The molecular weight excluding hydrogens is 284 g/mol. The third-order valence-corrected chi connectivity index (χ3v) is 6.05. The van der Waals surface area contributed by atoms with Crippen molar-refractivity contribution in [3.05, 3.63) is 24.3 Å². The second-order valence-corrected chi connectivity index (χ2v) is 7.61. The molecule has 1 unspecified atom stereocenters. The summed E-state index contributed by atoms with van der Waals surface area (Å²) < 4.78 is 27.5. The first kappa shape index (κ1) is 16.3. The average molecular weight is 310 g/mol. The van der Waals surface area contributed by atoms with E-state index in [1.54, 1.807) is 16.4 Å². The molecule has 5 heteroatoms. The van der Waals surface area contributed by atoms with Gasteiger partial charge in [0.2, 0.25) is 10.0 Å². The number of anilines is 1. The molecule has 118 valence electrons. The molecular formula is C16H26N2O2S. The van der Waals surface area contributed by atoms with Crippen LogP contribution in [-0.2, 0) is 10.0 Å². The lowest BCUT2D eigenvalue weighted by Gasteiger charge is -2.31. The zero-order valence-electron chi connectivity index (χ0n) is 13.0. The molecule has 1 fully saturated rings. The highest BCUT2D eigenvalue weighted by atomic mass is 32.2. The SMILES string of the molecule is CCCNc1ccccc1S(=O)(=O)N1CCCC(CC)C1. The molecule has 1 N–H and O–H groups in total. The maximum atomic E-state index is 12.9. The number of benzene rings is 1. The Bertz CT molecular complexity index is 557. The molecule has 1 aromatic rings. The zero-order chi connectivity index (χ0) is 15.3. The normalized spacial score (nSPS) is 20.4. The second-order valence-electron chi connectivity index (χ2n) is 5.70. The van der Waals surface area contributed by atoms with E-state index in [-0.39, 0.29) is 0 Å². The quantitative estimate of drug-likeness (QED) is 0.877. The highest BCUT2D eigenvalue weighted by Gasteiger charge is 2.30. The van der Waals surface area contributed by atoms with Gasteiger partial charge in [-0.05, 0) is 37.3 Å². The Morgan fingerprint density at radius 1 is 1.29 bits per heavy atom. The maximum Gasteiger partial charge on any atom is 0.245 e. The van der Waals surface area contributed by atoms with Gasteiger partial charge in [0.25, 0.3) is 0 Å². The minimum absolute atomic E-state index is 0.412. The van der Waals surface area contributed by atoms with Gasteiger partial charge in [0.15, 0.2) is 0 Å². The van der Waals surface area contributed by atoms with E-state index in [2.05, 4.69) is 19.2 Å². The molecule has 21 heavy (non-hydrogen) atoms. The van der Waals surface area contributed by atoms with Crippen LogP contribution >= 0.6 is 0 Å². The minimum atomic E-state index is -3.40. The summed E-state index contributed by atoms with van der Waals surface area (Å²) in [5.41, 5.74) is 0.720. The van der Waals surface area contributed by atoms with Crippen molar-refractivity contribution in [3.63, 3.8) is 0 Å². The predicted molar refractivity (Wildman–Crippen MR) is 87.0 cm³/mol. The van der Waals surface area contributed by atoms with Crippen molar-refractivity contribution in [1.29, 1.82) is 0 Å². The summed E-state index contributed by atoms with van der Waals surface area (Å²) in [5.74, 6) is 0.490. The van der Waals surface area contributed by atoms with Gasteiger partial charge in [-0.3, -0.25) is 0 Å². The molecule has 1 saturated heterocycles. The van der Waals surface area contributed by atoms with Gasteiger partial charge in [0.05, 0.1) is 5.69 Å². The topological polar surface area (TPSA) is 49.4 Å². The molecule has 1 aromatic carbocycles. The van der Waals surface area contributed by atoms with Gasteiger partial charge in [0.1, 0.15) is 4.90 Å². The number of para-hydroxylation sites is 1. The van der Waals surface area contributed by atoms with Crippen molar-refractivity contribution in [2.24, 2.45) is 5.92 Å². The van der Waals surface area contributed by atoms with E-state index in [0.29, 0.717) is 23.9 Å². The van der Waals surface area contributed by atoms with Crippen molar-refractivity contribution >= 4 is 15.7 Å². The number of nitrogens with zero attached hydrogens (tertiary/aromatic N) is 1.